The second kappa shape index (κ2) is 7.64. The van der Waals surface area contributed by atoms with Gasteiger partial charge in [-0.05, 0) is 26.0 Å². The van der Waals surface area contributed by atoms with Gasteiger partial charge in [-0.1, -0.05) is 18.2 Å². The fraction of sp³-hybridized carbons (Fsp3) is 0.538. The zero-order chi connectivity index (χ0) is 16.9. The van der Waals surface area contributed by atoms with E-state index in [4.69, 9.17) is 0 Å². The summed E-state index contributed by atoms with van der Waals surface area (Å²) in [5, 5.41) is 0. The lowest BCUT2D eigenvalue weighted by molar-refractivity contribution is 0.0364. The van der Waals surface area contributed by atoms with Crippen molar-refractivity contribution >= 4 is 17.4 Å². The number of hydrogen-bond donors (Lipinski definition) is 0. The molecular weight excluding hydrogens is 337 g/mol. The minimum atomic E-state index is -4.70. The van der Waals surface area contributed by atoms with Gasteiger partial charge in [0.1, 0.15) is 0 Å². The first kappa shape index (κ1) is 19.2. The molecular formula is C13H19F2O5PS. The van der Waals surface area contributed by atoms with E-state index in [0.717, 1.165) is 0 Å². The molecule has 9 heteroatoms. The van der Waals surface area contributed by atoms with Crippen molar-refractivity contribution in [1.82, 2.24) is 0 Å². The van der Waals surface area contributed by atoms with E-state index in [2.05, 4.69) is 9.05 Å². The van der Waals surface area contributed by atoms with Crippen molar-refractivity contribution in [1.29, 1.82) is 0 Å². The maximum atomic E-state index is 14.1. The Kier molecular flexibility index (Phi) is 6.67. The van der Waals surface area contributed by atoms with Crippen molar-refractivity contribution in [2.24, 2.45) is 0 Å². The third-order valence-corrected chi connectivity index (χ3v) is 6.73. The first-order valence-corrected chi connectivity index (χ1v) is 9.93. The average Bonchev–Trinajstić information content (AvgIpc) is 2.47. The van der Waals surface area contributed by atoms with E-state index in [0.29, 0.717) is 0 Å². The molecule has 0 bridgehead atoms. The van der Waals surface area contributed by atoms with Crippen LogP contribution in [0.15, 0.2) is 35.2 Å². The van der Waals surface area contributed by atoms with Crippen LogP contribution in [0.4, 0.5) is 8.78 Å². The van der Waals surface area contributed by atoms with E-state index in [1.165, 1.54) is 38.1 Å². The van der Waals surface area contributed by atoms with E-state index >= 15 is 0 Å². The first-order valence-electron chi connectivity index (χ1n) is 6.73. The van der Waals surface area contributed by atoms with Crippen LogP contribution < -0.4 is 0 Å². The van der Waals surface area contributed by atoms with Crippen molar-refractivity contribution in [3.8, 4) is 0 Å². The quantitative estimate of drug-likeness (QED) is 0.631. The summed E-state index contributed by atoms with van der Waals surface area (Å²) in [6.45, 7) is 2.36. The summed E-state index contributed by atoms with van der Waals surface area (Å²) in [6, 6.07) is 7.24. The summed E-state index contributed by atoms with van der Waals surface area (Å²) in [4.78, 5) is -0.0616. The lowest BCUT2D eigenvalue weighted by Gasteiger charge is -2.25. The molecule has 0 fully saturated rings. The number of alkyl halides is 2. The van der Waals surface area contributed by atoms with Crippen LogP contribution >= 0.6 is 7.60 Å². The lowest BCUT2D eigenvalue weighted by atomic mass is 10.4. The average molecular weight is 356 g/mol. The predicted molar refractivity (Wildman–Crippen MR) is 78.9 cm³/mol. The molecule has 0 aliphatic carbocycles. The second-order valence-electron chi connectivity index (χ2n) is 4.38. The zero-order valence-electron chi connectivity index (χ0n) is 12.4. The maximum absolute atomic E-state index is 14.1. The van der Waals surface area contributed by atoms with Gasteiger partial charge in [-0.2, -0.15) is 8.78 Å². The summed E-state index contributed by atoms with van der Waals surface area (Å²) in [6.07, 6.45) is -1.14. The Morgan fingerprint density at radius 1 is 1.09 bits per heavy atom. The zero-order valence-corrected chi connectivity index (χ0v) is 14.1. The van der Waals surface area contributed by atoms with Gasteiger partial charge in [-0.3, -0.25) is 4.57 Å². The molecule has 1 aromatic carbocycles. The standard InChI is InChI=1S/C13H19F2O5PS/c1-3-19-21(16,20-4-2)13(14,15)10-11-22(17,18)12-8-6-5-7-9-12/h5-9H,3-4,10-11H2,1-2H3. The SMILES string of the molecule is CCOP(=O)(OCC)C(F)(F)CCS(=O)(=O)c1ccccc1. The van der Waals surface area contributed by atoms with Gasteiger partial charge in [0.2, 0.25) is 0 Å². The second-order valence-corrected chi connectivity index (χ2v) is 8.66. The molecule has 0 N–H and O–H groups in total. The molecule has 0 unspecified atom stereocenters. The van der Waals surface area contributed by atoms with Crippen LogP contribution in [-0.2, 0) is 23.4 Å². The van der Waals surface area contributed by atoms with Crippen LogP contribution in [-0.4, -0.2) is 33.0 Å². The highest BCUT2D eigenvalue weighted by Crippen LogP contribution is 2.63. The largest absolute Gasteiger partial charge is 0.399 e. The van der Waals surface area contributed by atoms with Crippen molar-refractivity contribution < 1.29 is 30.8 Å². The number of hydrogen-bond acceptors (Lipinski definition) is 5. The maximum Gasteiger partial charge on any atom is 0.399 e. The molecule has 22 heavy (non-hydrogen) atoms. The third kappa shape index (κ3) is 4.59. The Morgan fingerprint density at radius 2 is 1.59 bits per heavy atom. The van der Waals surface area contributed by atoms with Gasteiger partial charge in [-0.15, -0.1) is 0 Å². The van der Waals surface area contributed by atoms with Gasteiger partial charge in [0.25, 0.3) is 0 Å². The fourth-order valence-electron chi connectivity index (χ4n) is 1.71. The molecule has 0 saturated carbocycles. The molecule has 0 aliphatic heterocycles. The van der Waals surface area contributed by atoms with Gasteiger partial charge in [0.15, 0.2) is 9.84 Å². The highest BCUT2D eigenvalue weighted by Gasteiger charge is 2.53. The third-order valence-electron chi connectivity index (χ3n) is 2.77. The molecule has 1 rings (SSSR count). The molecule has 0 radical (unpaired) electrons. The minimum Gasteiger partial charge on any atom is -0.305 e. The Balaban J connectivity index is 2.90. The van der Waals surface area contributed by atoms with E-state index in [1.807, 2.05) is 0 Å². The smallest absolute Gasteiger partial charge is 0.305 e. The molecule has 0 saturated heterocycles. The molecule has 5 nitrogen and oxygen atoms in total. The normalized spacial score (nSPS) is 13.3. The topological polar surface area (TPSA) is 69.7 Å². The lowest BCUT2D eigenvalue weighted by Crippen LogP contribution is -2.24. The van der Waals surface area contributed by atoms with Crippen molar-refractivity contribution in [2.75, 3.05) is 19.0 Å². The summed E-state index contributed by atoms with van der Waals surface area (Å²) in [7, 11) is -8.59. The van der Waals surface area contributed by atoms with E-state index in [-0.39, 0.29) is 18.1 Å². The van der Waals surface area contributed by atoms with Crippen LogP contribution in [0.1, 0.15) is 20.3 Å². The van der Waals surface area contributed by atoms with E-state index < -0.39 is 35.3 Å². The van der Waals surface area contributed by atoms with Crippen molar-refractivity contribution in [3.05, 3.63) is 30.3 Å². The van der Waals surface area contributed by atoms with Crippen LogP contribution in [0.3, 0.4) is 0 Å². The number of sulfone groups is 1. The highest BCUT2D eigenvalue weighted by molar-refractivity contribution is 7.91. The van der Waals surface area contributed by atoms with Gasteiger partial charge >= 0.3 is 13.3 Å². The molecule has 0 amide bonds. The number of rotatable bonds is 9. The number of halogens is 2. The van der Waals surface area contributed by atoms with Gasteiger partial charge in [-0.25, -0.2) is 8.42 Å². The minimum absolute atomic E-state index is 0.0616. The Hall–Kier alpha value is -0.820. The van der Waals surface area contributed by atoms with Crippen molar-refractivity contribution in [2.45, 2.75) is 30.8 Å². The first-order chi connectivity index (χ1) is 10.2. The molecule has 0 aliphatic rings. The van der Waals surface area contributed by atoms with Crippen LogP contribution in [0.2, 0.25) is 0 Å². The fourth-order valence-corrected chi connectivity index (χ4v) is 4.71. The molecule has 0 atom stereocenters. The van der Waals surface area contributed by atoms with Crippen LogP contribution in [0.5, 0.6) is 0 Å². The Labute approximate surface area is 129 Å². The Morgan fingerprint density at radius 3 is 2.05 bits per heavy atom. The summed E-state index contributed by atoms with van der Waals surface area (Å²) >= 11 is 0. The predicted octanol–water partition coefficient (Wildman–Crippen LogP) is 3.71. The Bertz CT molecular complexity index is 609. The molecule has 0 heterocycles. The van der Waals surface area contributed by atoms with Gasteiger partial charge < -0.3 is 9.05 Å². The van der Waals surface area contributed by atoms with Crippen LogP contribution in [0.25, 0.3) is 0 Å². The molecule has 0 spiro atoms. The summed E-state index contributed by atoms with van der Waals surface area (Å²) in [5.74, 6) is -0.853. The highest BCUT2D eigenvalue weighted by atomic mass is 32.2. The summed E-state index contributed by atoms with van der Waals surface area (Å²) in [5.41, 5.74) is -3.87. The van der Waals surface area contributed by atoms with E-state index in [1.54, 1.807) is 6.07 Å². The molecule has 126 valence electrons. The van der Waals surface area contributed by atoms with Gasteiger partial charge in [0.05, 0.1) is 23.9 Å². The summed E-state index contributed by atoms with van der Waals surface area (Å²) < 4.78 is 73.6. The van der Waals surface area contributed by atoms with Crippen LogP contribution in [0, 0.1) is 0 Å². The van der Waals surface area contributed by atoms with Crippen molar-refractivity contribution in [3.63, 3.8) is 0 Å². The van der Waals surface area contributed by atoms with Gasteiger partial charge in [0, 0.05) is 6.42 Å². The molecule has 1 aromatic rings. The monoisotopic (exact) mass is 356 g/mol. The van der Waals surface area contributed by atoms with E-state index in [9.17, 15) is 21.8 Å². The molecule has 0 aromatic heterocycles. The number of benzene rings is 1.